The van der Waals surface area contributed by atoms with Crippen molar-refractivity contribution >= 4 is 11.9 Å². The van der Waals surface area contributed by atoms with E-state index in [1.807, 2.05) is 0 Å². The summed E-state index contributed by atoms with van der Waals surface area (Å²) in [4.78, 5) is 23.3. The lowest BCUT2D eigenvalue weighted by Gasteiger charge is -2.35. The van der Waals surface area contributed by atoms with Crippen molar-refractivity contribution < 1.29 is 24.2 Å². The summed E-state index contributed by atoms with van der Waals surface area (Å²) in [5.74, 6) is -1.87. The molecule has 0 aliphatic carbocycles. The van der Waals surface area contributed by atoms with Crippen LogP contribution in [-0.2, 0) is 9.59 Å². The van der Waals surface area contributed by atoms with Crippen LogP contribution in [0.2, 0.25) is 0 Å². The van der Waals surface area contributed by atoms with E-state index in [-0.39, 0.29) is 18.9 Å². The van der Waals surface area contributed by atoms with Gasteiger partial charge in [-0.05, 0) is 12.8 Å². The standard InChI is InChI=1S/C11H16FNO4/c12-5-3-8-7-13(6-4-9(8)14)10(15)1-2-11(16)17/h1-2,8-9,14H,3-7H2,(H,16,17)/b2-1+/t8-,9+/m0/s1. The molecule has 0 radical (unpaired) electrons. The van der Waals surface area contributed by atoms with Crippen LogP contribution in [0.15, 0.2) is 12.2 Å². The molecule has 1 fully saturated rings. The van der Waals surface area contributed by atoms with Crippen LogP contribution in [0.5, 0.6) is 0 Å². The SMILES string of the molecule is O=C(O)/C=C/C(=O)N1CC[C@@H](O)[C@@H](CCF)C1. The number of piperidine rings is 1. The van der Waals surface area contributed by atoms with Gasteiger partial charge in [0, 0.05) is 31.2 Å². The number of aliphatic hydroxyl groups is 1. The molecule has 1 amide bonds. The monoisotopic (exact) mass is 245 g/mol. The van der Waals surface area contributed by atoms with Gasteiger partial charge in [-0.1, -0.05) is 0 Å². The van der Waals surface area contributed by atoms with E-state index in [0.29, 0.717) is 13.0 Å². The summed E-state index contributed by atoms with van der Waals surface area (Å²) in [5.41, 5.74) is 0. The molecule has 0 aromatic carbocycles. The Morgan fingerprint density at radius 1 is 1.41 bits per heavy atom. The number of aliphatic hydroxyl groups excluding tert-OH is 1. The zero-order valence-electron chi connectivity index (χ0n) is 9.38. The van der Waals surface area contributed by atoms with Crippen molar-refractivity contribution in [3.8, 4) is 0 Å². The molecule has 0 bridgehead atoms. The second-order valence-electron chi connectivity index (χ2n) is 4.05. The molecule has 1 heterocycles. The van der Waals surface area contributed by atoms with Gasteiger partial charge in [0.2, 0.25) is 5.91 Å². The fourth-order valence-corrected chi connectivity index (χ4v) is 1.89. The number of nitrogens with zero attached hydrogens (tertiary/aromatic N) is 1. The van der Waals surface area contributed by atoms with E-state index in [0.717, 1.165) is 12.2 Å². The molecule has 5 nitrogen and oxygen atoms in total. The largest absolute Gasteiger partial charge is 0.478 e. The van der Waals surface area contributed by atoms with Crippen molar-refractivity contribution in [1.82, 2.24) is 4.90 Å². The average molecular weight is 245 g/mol. The fourth-order valence-electron chi connectivity index (χ4n) is 1.89. The number of hydrogen-bond acceptors (Lipinski definition) is 3. The molecule has 0 aromatic heterocycles. The van der Waals surface area contributed by atoms with E-state index in [2.05, 4.69) is 0 Å². The first-order valence-electron chi connectivity index (χ1n) is 5.48. The number of rotatable bonds is 4. The number of halogens is 1. The smallest absolute Gasteiger partial charge is 0.328 e. The van der Waals surface area contributed by atoms with E-state index in [1.54, 1.807) is 0 Å². The van der Waals surface area contributed by atoms with Gasteiger partial charge in [0.15, 0.2) is 0 Å². The highest BCUT2D eigenvalue weighted by Crippen LogP contribution is 2.20. The quantitative estimate of drug-likeness (QED) is 0.693. The Bertz CT molecular complexity index is 319. The zero-order chi connectivity index (χ0) is 12.8. The summed E-state index contributed by atoms with van der Waals surface area (Å²) in [6, 6.07) is 0. The Labute approximate surface area is 98.5 Å². The third-order valence-electron chi connectivity index (χ3n) is 2.85. The first kappa shape index (κ1) is 13.6. The summed E-state index contributed by atoms with van der Waals surface area (Å²) < 4.78 is 12.2. The third kappa shape index (κ3) is 4.14. The van der Waals surface area contributed by atoms with E-state index < -0.39 is 24.7 Å². The lowest BCUT2D eigenvalue weighted by molar-refractivity contribution is -0.133. The molecule has 17 heavy (non-hydrogen) atoms. The lowest BCUT2D eigenvalue weighted by atomic mass is 9.92. The zero-order valence-corrected chi connectivity index (χ0v) is 9.38. The Kier molecular flexibility index (Phi) is 5.09. The van der Waals surface area contributed by atoms with Gasteiger partial charge >= 0.3 is 5.97 Å². The van der Waals surface area contributed by atoms with Crippen LogP contribution in [0.25, 0.3) is 0 Å². The van der Waals surface area contributed by atoms with Gasteiger partial charge in [0.05, 0.1) is 12.8 Å². The minimum atomic E-state index is -1.18. The van der Waals surface area contributed by atoms with Crippen LogP contribution in [-0.4, -0.2) is 52.9 Å². The topological polar surface area (TPSA) is 77.8 Å². The van der Waals surface area contributed by atoms with E-state index >= 15 is 0 Å². The predicted octanol–water partition coefficient (Wildman–Crippen LogP) is 0.196. The number of aliphatic carboxylic acids is 1. The van der Waals surface area contributed by atoms with Crippen molar-refractivity contribution in [3.05, 3.63) is 12.2 Å². The Hall–Kier alpha value is -1.43. The van der Waals surface area contributed by atoms with Crippen LogP contribution < -0.4 is 0 Å². The number of carboxylic acid groups (broad SMARTS) is 1. The Morgan fingerprint density at radius 2 is 2.12 bits per heavy atom. The number of carbonyl (C=O) groups excluding carboxylic acids is 1. The van der Waals surface area contributed by atoms with Gasteiger partial charge in [-0.2, -0.15) is 0 Å². The maximum atomic E-state index is 12.2. The molecule has 2 atom stereocenters. The average Bonchev–Trinajstić information content (AvgIpc) is 2.29. The van der Waals surface area contributed by atoms with Gasteiger partial charge in [-0.25, -0.2) is 4.79 Å². The molecule has 1 rings (SSSR count). The minimum absolute atomic E-state index is 0.216. The van der Waals surface area contributed by atoms with Gasteiger partial charge in [-0.3, -0.25) is 9.18 Å². The molecule has 2 N–H and O–H groups in total. The minimum Gasteiger partial charge on any atom is -0.478 e. The fraction of sp³-hybridized carbons (Fsp3) is 0.636. The highest BCUT2D eigenvalue weighted by atomic mass is 19.1. The number of carbonyl (C=O) groups is 2. The van der Waals surface area contributed by atoms with Crippen molar-refractivity contribution in [2.45, 2.75) is 18.9 Å². The number of likely N-dealkylation sites (tertiary alicyclic amines) is 1. The lowest BCUT2D eigenvalue weighted by Crippen LogP contribution is -2.45. The van der Waals surface area contributed by atoms with Crippen LogP contribution in [0.4, 0.5) is 4.39 Å². The summed E-state index contributed by atoms with van der Waals surface area (Å²) in [5, 5.41) is 18.0. The van der Waals surface area contributed by atoms with Crippen LogP contribution in [0.3, 0.4) is 0 Å². The second-order valence-corrected chi connectivity index (χ2v) is 4.05. The normalized spacial score (nSPS) is 25.2. The van der Waals surface area contributed by atoms with Crippen LogP contribution >= 0.6 is 0 Å². The second kappa shape index (κ2) is 6.34. The molecule has 0 saturated carbocycles. The Balaban J connectivity index is 2.55. The third-order valence-corrected chi connectivity index (χ3v) is 2.85. The maximum Gasteiger partial charge on any atom is 0.328 e. The molecule has 96 valence electrons. The molecule has 0 unspecified atom stereocenters. The molecule has 1 saturated heterocycles. The van der Waals surface area contributed by atoms with Crippen molar-refractivity contribution in [2.75, 3.05) is 19.8 Å². The van der Waals surface area contributed by atoms with Gasteiger partial charge in [0.25, 0.3) is 0 Å². The number of amides is 1. The van der Waals surface area contributed by atoms with Gasteiger partial charge in [0.1, 0.15) is 0 Å². The highest BCUT2D eigenvalue weighted by molar-refractivity contribution is 5.93. The molecule has 0 aromatic rings. The number of alkyl halides is 1. The van der Waals surface area contributed by atoms with Crippen LogP contribution in [0, 0.1) is 5.92 Å². The first-order chi connectivity index (χ1) is 8.04. The first-order valence-corrected chi connectivity index (χ1v) is 5.48. The van der Waals surface area contributed by atoms with Gasteiger partial charge < -0.3 is 15.1 Å². The molecule has 1 aliphatic rings. The van der Waals surface area contributed by atoms with Gasteiger partial charge in [-0.15, -0.1) is 0 Å². The van der Waals surface area contributed by atoms with Crippen molar-refractivity contribution in [2.24, 2.45) is 5.92 Å². The van der Waals surface area contributed by atoms with E-state index in [4.69, 9.17) is 5.11 Å². The molecule has 6 heteroatoms. The van der Waals surface area contributed by atoms with E-state index in [9.17, 15) is 19.1 Å². The summed E-state index contributed by atoms with van der Waals surface area (Å²) in [6.07, 6.45) is 1.79. The summed E-state index contributed by atoms with van der Waals surface area (Å²) in [6.45, 7) is 0.106. The molecule has 1 aliphatic heterocycles. The maximum absolute atomic E-state index is 12.2. The predicted molar refractivity (Wildman–Crippen MR) is 58.1 cm³/mol. The Morgan fingerprint density at radius 3 is 2.71 bits per heavy atom. The van der Waals surface area contributed by atoms with Crippen molar-refractivity contribution in [1.29, 1.82) is 0 Å². The molecular formula is C11H16FNO4. The summed E-state index contributed by atoms with van der Waals surface area (Å²) >= 11 is 0. The van der Waals surface area contributed by atoms with E-state index in [1.165, 1.54) is 4.90 Å². The summed E-state index contributed by atoms with van der Waals surface area (Å²) in [7, 11) is 0. The number of carboxylic acids is 1. The molecular weight excluding hydrogens is 229 g/mol. The highest BCUT2D eigenvalue weighted by Gasteiger charge is 2.29. The van der Waals surface area contributed by atoms with Crippen molar-refractivity contribution in [3.63, 3.8) is 0 Å². The number of hydrogen-bond donors (Lipinski definition) is 2. The van der Waals surface area contributed by atoms with Crippen LogP contribution in [0.1, 0.15) is 12.8 Å². The molecule has 0 spiro atoms.